The number of carbonyl (C=O) groups is 1. The van der Waals surface area contributed by atoms with Gasteiger partial charge in [0.2, 0.25) is 0 Å². The summed E-state index contributed by atoms with van der Waals surface area (Å²) >= 11 is 0. The molecule has 2 aromatic rings. The maximum Gasteiger partial charge on any atom is 0.254 e. The lowest BCUT2D eigenvalue weighted by Gasteiger charge is -2.14. The number of aromatic nitrogens is 3. The number of carbonyl (C=O) groups excluding carboxylic acids is 1. The van der Waals surface area contributed by atoms with Crippen molar-refractivity contribution in [1.29, 1.82) is 0 Å². The lowest BCUT2D eigenvalue weighted by Crippen LogP contribution is -2.29. The van der Waals surface area contributed by atoms with Gasteiger partial charge in [-0.15, -0.1) is 0 Å². The topological polar surface area (TPSA) is 80.0 Å². The molecule has 2 heterocycles. The molecule has 0 aliphatic heterocycles. The standard InChI is InChI=1S/C16H22N4O2/c1-11(2)15(21)6-9-18-16(22)14-10-19-20(12(14)3)13-4-7-17-8-5-13/h4-5,7-8,10-11,15,21H,6,9H2,1-3H3,(H,18,22). The van der Waals surface area contributed by atoms with E-state index in [1.54, 1.807) is 23.3 Å². The predicted octanol–water partition coefficient (Wildman–Crippen LogP) is 1.71. The first-order chi connectivity index (χ1) is 10.5. The zero-order valence-electron chi connectivity index (χ0n) is 13.2. The van der Waals surface area contributed by atoms with Gasteiger partial charge in [-0.2, -0.15) is 5.10 Å². The predicted molar refractivity (Wildman–Crippen MR) is 83.9 cm³/mol. The van der Waals surface area contributed by atoms with Crippen molar-refractivity contribution in [2.45, 2.75) is 33.3 Å². The van der Waals surface area contributed by atoms with Crippen molar-refractivity contribution in [3.63, 3.8) is 0 Å². The maximum atomic E-state index is 12.2. The molecule has 118 valence electrons. The van der Waals surface area contributed by atoms with Crippen LogP contribution in [0.15, 0.2) is 30.7 Å². The second kappa shape index (κ2) is 7.17. The fourth-order valence-electron chi connectivity index (χ4n) is 2.14. The maximum absolute atomic E-state index is 12.2. The number of pyridine rings is 1. The summed E-state index contributed by atoms with van der Waals surface area (Å²) in [7, 11) is 0. The lowest BCUT2D eigenvalue weighted by atomic mass is 10.0. The molecule has 1 atom stereocenters. The molecule has 0 saturated heterocycles. The third-order valence-electron chi connectivity index (χ3n) is 3.66. The first-order valence-corrected chi connectivity index (χ1v) is 7.42. The molecule has 2 aromatic heterocycles. The van der Waals surface area contributed by atoms with Gasteiger partial charge in [0.15, 0.2) is 0 Å². The number of hydrogen-bond acceptors (Lipinski definition) is 4. The third-order valence-corrected chi connectivity index (χ3v) is 3.66. The molecule has 0 aliphatic rings. The van der Waals surface area contributed by atoms with Crippen LogP contribution in [0, 0.1) is 12.8 Å². The normalized spacial score (nSPS) is 12.4. The molecule has 0 saturated carbocycles. The number of aliphatic hydroxyl groups excluding tert-OH is 1. The number of nitrogens with zero attached hydrogens (tertiary/aromatic N) is 3. The van der Waals surface area contributed by atoms with Gasteiger partial charge in [-0.05, 0) is 31.4 Å². The van der Waals surface area contributed by atoms with E-state index in [1.807, 2.05) is 32.9 Å². The summed E-state index contributed by atoms with van der Waals surface area (Å²) in [5.41, 5.74) is 2.17. The molecular formula is C16H22N4O2. The summed E-state index contributed by atoms with van der Waals surface area (Å²) in [6.07, 6.45) is 5.07. The lowest BCUT2D eigenvalue weighted by molar-refractivity contribution is 0.0919. The van der Waals surface area contributed by atoms with Crippen LogP contribution in [0.4, 0.5) is 0 Å². The third kappa shape index (κ3) is 3.71. The van der Waals surface area contributed by atoms with Crippen molar-refractivity contribution in [3.8, 4) is 5.69 Å². The Bertz CT molecular complexity index is 622. The molecule has 0 aromatic carbocycles. The fraction of sp³-hybridized carbons (Fsp3) is 0.438. The molecule has 1 unspecified atom stereocenters. The van der Waals surface area contributed by atoms with Crippen molar-refractivity contribution in [3.05, 3.63) is 42.0 Å². The molecule has 2 rings (SSSR count). The fourth-order valence-corrected chi connectivity index (χ4v) is 2.14. The Hall–Kier alpha value is -2.21. The Morgan fingerprint density at radius 3 is 2.68 bits per heavy atom. The van der Waals surface area contributed by atoms with Crippen molar-refractivity contribution >= 4 is 5.91 Å². The highest BCUT2D eigenvalue weighted by Gasteiger charge is 2.15. The second-order valence-corrected chi connectivity index (χ2v) is 5.62. The highest BCUT2D eigenvalue weighted by molar-refractivity contribution is 5.95. The van der Waals surface area contributed by atoms with Crippen LogP contribution in [0.1, 0.15) is 36.3 Å². The van der Waals surface area contributed by atoms with E-state index in [9.17, 15) is 9.90 Å². The Balaban J connectivity index is 2.01. The molecule has 0 spiro atoms. The summed E-state index contributed by atoms with van der Waals surface area (Å²) in [6.45, 7) is 6.20. The van der Waals surface area contributed by atoms with Gasteiger partial charge in [0.05, 0.1) is 29.2 Å². The Labute approximate surface area is 130 Å². The summed E-state index contributed by atoms with van der Waals surface area (Å²) < 4.78 is 1.71. The van der Waals surface area contributed by atoms with Crippen molar-refractivity contribution in [2.75, 3.05) is 6.54 Å². The number of aliphatic hydroxyl groups is 1. The molecule has 6 nitrogen and oxygen atoms in total. The van der Waals surface area contributed by atoms with E-state index in [2.05, 4.69) is 15.4 Å². The van der Waals surface area contributed by atoms with Gasteiger partial charge in [-0.25, -0.2) is 4.68 Å². The average molecular weight is 302 g/mol. The smallest absolute Gasteiger partial charge is 0.254 e. The van der Waals surface area contributed by atoms with E-state index in [1.165, 1.54) is 0 Å². The van der Waals surface area contributed by atoms with Crippen LogP contribution in [0.5, 0.6) is 0 Å². The summed E-state index contributed by atoms with van der Waals surface area (Å²) in [5, 5.41) is 16.8. The van der Waals surface area contributed by atoms with Crippen molar-refractivity contribution < 1.29 is 9.90 Å². The van der Waals surface area contributed by atoms with E-state index in [0.717, 1.165) is 11.4 Å². The van der Waals surface area contributed by atoms with Crippen LogP contribution in [0.2, 0.25) is 0 Å². The van der Waals surface area contributed by atoms with Gasteiger partial charge in [0, 0.05) is 18.9 Å². The zero-order chi connectivity index (χ0) is 16.1. The second-order valence-electron chi connectivity index (χ2n) is 5.62. The molecule has 0 bridgehead atoms. The van der Waals surface area contributed by atoms with E-state index in [-0.39, 0.29) is 11.8 Å². The molecule has 2 N–H and O–H groups in total. The van der Waals surface area contributed by atoms with Crippen molar-refractivity contribution in [1.82, 2.24) is 20.1 Å². The minimum atomic E-state index is -0.402. The Morgan fingerprint density at radius 2 is 2.05 bits per heavy atom. The molecule has 22 heavy (non-hydrogen) atoms. The SMILES string of the molecule is Cc1c(C(=O)NCCC(O)C(C)C)cnn1-c1ccncc1. The quantitative estimate of drug-likeness (QED) is 0.851. The summed E-state index contributed by atoms with van der Waals surface area (Å²) in [6, 6.07) is 3.67. The van der Waals surface area contributed by atoms with Crippen LogP contribution >= 0.6 is 0 Å². The number of rotatable bonds is 6. The highest BCUT2D eigenvalue weighted by Crippen LogP contribution is 2.13. The van der Waals surface area contributed by atoms with Gasteiger partial charge >= 0.3 is 0 Å². The van der Waals surface area contributed by atoms with E-state index in [0.29, 0.717) is 18.5 Å². The van der Waals surface area contributed by atoms with Crippen molar-refractivity contribution in [2.24, 2.45) is 5.92 Å². The summed E-state index contributed by atoms with van der Waals surface area (Å²) in [5.74, 6) is 0.0156. The minimum Gasteiger partial charge on any atom is -0.393 e. The number of amides is 1. The van der Waals surface area contributed by atoms with Gasteiger partial charge in [-0.1, -0.05) is 13.8 Å². The monoisotopic (exact) mass is 302 g/mol. The van der Waals surface area contributed by atoms with E-state index in [4.69, 9.17) is 0 Å². The molecule has 6 heteroatoms. The minimum absolute atomic E-state index is 0.172. The largest absolute Gasteiger partial charge is 0.393 e. The average Bonchev–Trinajstić information content (AvgIpc) is 2.89. The Kier molecular flexibility index (Phi) is 5.27. The van der Waals surface area contributed by atoms with Gasteiger partial charge in [0.25, 0.3) is 5.91 Å². The summed E-state index contributed by atoms with van der Waals surface area (Å²) in [4.78, 5) is 16.2. The number of hydrogen-bond donors (Lipinski definition) is 2. The molecule has 0 aliphatic carbocycles. The van der Waals surface area contributed by atoms with Crippen LogP contribution in [0.3, 0.4) is 0 Å². The zero-order valence-corrected chi connectivity index (χ0v) is 13.2. The van der Waals surface area contributed by atoms with Gasteiger partial charge in [-0.3, -0.25) is 9.78 Å². The Morgan fingerprint density at radius 1 is 1.36 bits per heavy atom. The highest BCUT2D eigenvalue weighted by atomic mass is 16.3. The van der Waals surface area contributed by atoms with Crippen LogP contribution in [0.25, 0.3) is 5.69 Å². The van der Waals surface area contributed by atoms with Crippen LogP contribution in [-0.2, 0) is 0 Å². The first-order valence-electron chi connectivity index (χ1n) is 7.42. The number of nitrogens with one attached hydrogen (secondary N) is 1. The van der Waals surface area contributed by atoms with E-state index < -0.39 is 6.10 Å². The first kappa shape index (κ1) is 16.2. The molecule has 0 radical (unpaired) electrons. The van der Waals surface area contributed by atoms with Gasteiger partial charge < -0.3 is 10.4 Å². The van der Waals surface area contributed by atoms with Crippen LogP contribution in [-0.4, -0.2) is 38.4 Å². The molecule has 1 amide bonds. The van der Waals surface area contributed by atoms with Gasteiger partial charge in [0.1, 0.15) is 0 Å². The molecule has 0 fully saturated rings. The molecular weight excluding hydrogens is 280 g/mol. The van der Waals surface area contributed by atoms with Crippen LogP contribution < -0.4 is 5.32 Å². The van der Waals surface area contributed by atoms with E-state index >= 15 is 0 Å².